The Morgan fingerprint density at radius 3 is 0.792 bits per heavy atom. The molecule has 0 N–H and O–H groups in total. The lowest BCUT2D eigenvalue weighted by Gasteiger charge is -1.98. The predicted octanol–water partition coefficient (Wildman–Crippen LogP) is 5.38. The van der Waals surface area contributed by atoms with E-state index in [1.54, 1.807) is 0 Å². The second-order valence-electron chi connectivity index (χ2n) is 4.19. The first-order valence-corrected chi connectivity index (χ1v) is 6.29. The molecule has 1 aromatic heterocycles. The molecular formula is C12H8B2F8N2-2. The number of benzene rings is 2. The zero-order chi connectivity index (χ0) is 18.4. The fourth-order valence-electron chi connectivity index (χ4n) is 1.57. The smallest absolute Gasteiger partial charge is 0.418 e. The molecule has 0 aliphatic heterocycles. The molecule has 0 radical (unpaired) electrons. The van der Waals surface area contributed by atoms with Gasteiger partial charge in [0.1, 0.15) is 0 Å². The van der Waals surface area contributed by atoms with Crippen LogP contribution in [0.3, 0.4) is 0 Å². The molecule has 12 heteroatoms. The number of aromatic nitrogens is 2. The summed E-state index contributed by atoms with van der Waals surface area (Å²) in [5, 5.41) is 0. The van der Waals surface area contributed by atoms with E-state index in [1.165, 1.54) is 0 Å². The lowest BCUT2D eigenvalue weighted by Crippen LogP contribution is -2.02. The minimum absolute atomic E-state index is 0.950. The molecule has 0 fully saturated rings. The van der Waals surface area contributed by atoms with Gasteiger partial charge in [-0.1, -0.05) is 24.3 Å². The van der Waals surface area contributed by atoms with Crippen LogP contribution in [0.2, 0.25) is 0 Å². The topological polar surface area (TPSA) is 25.8 Å². The molecule has 2 aromatic carbocycles. The molecule has 0 saturated carbocycles. The Bertz CT molecular complexity index is 662. The van der Waals surface area contributed by atoms with Gasteiger partial charge in [-0.3, -0.25) is 0 Å². The predicted molar refractivity (Wildman–Crippen MR) is 77.4 cm³/mol. The van der Waals surface area contributed by atoms with Crippen molar-refractivity contribution in [1.29, 1.82) is 0 Å². The highest BCUT2D eigenvalue weighted by Gasteiger charge is 2.21. The van der Waals surface area contributed by atoms with E-state index in [0.29, 0.717) is 0 Å². The summed E-state index contributed by atoms with van der Waals surface area (Å²) in [7, 11) is -12.0. The maximum Gasteiger partial charge on any atom is 0.673 e. The van der Waals surface area contributed by atoms with Crippen LogP contribution in [0.4, 0.5) is 34.5 Å². The minimum Gasteiger partial charge on any atom is -0.418 e. The van der Waals surface area contributed by atoms with Crippen molar-refractivity contribution in [2.24, 2.45) is 0 Å². The van der Waals surface area contributed by atoms with Crippen molar-refractivity contribution in [3.63, 3.8) is 0 Å². The molecule has 0 amide bonds. The van der Waals surface area contributed by atoms with Gasteiger partial charge in [0.25, 0.3) is 0 Å². The van der Waals surface area contributed by atoms with Gasteiger partial charge < -0.3 is 34.5 Å². The van der Waals surface area contributed by atoms with E-state index < -0.39 is 14.5 Å². The quantitative estimate of drug-likeness (QED) is 0.308. The van der Waals surface area contributed by atoms with E-state index in [9.17, 15) is 34.5 Å². The van der Waals surface area contributed by atoms with Gasteiger partial charge in [-0.05, 0) is 24.3 Å². The highest BCUT2D eigenvalue weighted by Crippen LogP contribution is 2.14. The Kier molecular flexibility index (Phi) is 6.50. The first-order chi connectivity index (χ1) is 10.9. The Hall–Kier alpha value is -2.39. The molecule has 24 heavy (non-hydrogen) atoms. The monoisotopic (exact) mass is 354 g/mol. The molecule has 0 aliphatic carbocycles. The molecule has 0 aliphatic rings. The lowest BCUT2D eigenvalue weighted by molar-refractivity contribution is 0.366. The molecule has 0 bridgehead atoms. The van der Waals surface area contributed by atoms with Gasteiger partial charge in [0.2, 0.25) is 0 Å². The lowest BCUT2D eigenvalue weighted by atomic mass is 10.2. The van der Waals surface area contributed by atoms with Crippen LogP contribution in [0.25, 0.3) is 22.1 Å². The van der Waals surface area contributed by atoms with Crippen molar-refractivity contribution in [1.82, 2.24) is 9.97 Å². The van der Waals surface area contributed by atoms with E-state index in [-0.39, 0.29) is 0 Å². The van der Waals surface area contributed by atoms with Crippen molar-refractivity contribution >= 4 is 36.6 Å². The second-order valence-corrected chi connectivity index (χ2v) is 4.19. The summed E-state index contributed by atoms with van der Waals surface area (Å²) in [6.45, 7) is 0. The first kappa shape index (κ1) is 19.7. The summed E-state index contributed by atoms with van der Waals surface area (Å²) in [4.78, 5) is 9.03. The van der Waals surface area contributed by atoms with Gasteiger partial charge in [0.15, 0.2) is 0 Å². The van der Waals surface area contributed by atoms with Crippen LogP contribution >= 0.6 is 0 Å². The molecule has 0 atom stereocenters. The fourth-order valence-corrected chi connectivity index (χ4v) is 1.57. The van der Waals surface area contributed by atoms with Gasteiger partial charge in [0.05, 0.1) is 22.1 Å². The summed E-state index contributed by atoms with van der Waals surface area (Å²) in [5.41, 5.74) is 3.80. The SMILES string of the molecule is F[B-](F)(F)F.F[B-](F)(F)F.c1ccc2nc3ccccc3nc2c1. The summed E-state index contributed by atoms with van der Waals surface area (Å²) in [6, 6.07) is 15.8. The van der Waals surface area contributed by atoms with Crippen LogP contribution in [-0.4, -0.2) is 24.5 Å². The maximum absolute atomic E-state index is 9.75. The number of fused-ring (bicyclic) bond motifs is 2. The third-order valence-corrected chi connectivity index (χ3v) is 2.25. The van der Waals surface area contributed by atoms with Crippen molar-refractivity contribution in [2.75, 3.05) is 0 Å². The van der Waals surface area contributed by atoms with Crippen LogP contribution < -0.4 is 0 Å². The van der Waals surface area contributed by atoms with Crippen molar-refractivity contribution in [3.05, 3.63) is 48.5 Å². The zero-order valence-corrected chi connectivity index (χ0v) is 11.7. The van der Waals surface area contributed by atoms with Gasteiger partial charge in [-0.2, -0.15) is 0 Å². The van der Waals surface area contributed by atoms with Gasteiger partial charge >= 0.3 is 14.5 Å². The molecule has 3 rings (SSSR count). The number of hydrogen-bond acceptors (Lipinski definition) is 2. The average Bonchev–Trinajstić information content (AvgIpc) is 2.41. The van der Waals surface area contributed by atoms with E-state index in [4.69, 9.17) is 0 Å². The fraction of sp³-hybridized carbons (Fsp3) is 0. The Morgan fingerprint density at radius 2 is 0.625 bits per heavy atom. The van der Waals surface area contributed by atoms with Gasteiger partial charge in [-0.25, -0.2) is 9.97 Å². The van der Waals surface area contributed by atoms with E-state index in [1.807, 2.05) is 48.5 Å². The second kappa shape index (κ2) is 7.93. The van der Waals surface area contributed by atoms with Crippen LogP contribution in [-0.2, 0) is 0 Å². The zero-order valence-electron chi connectivity index (χ0n) is 11.7. The van der Waals surface area contributed by atoms with Crippen LogP contribution in [0, 0.1) is 0 Å². The number of hydrogen-bond donors (Lipinski definition) is 0. The van der Waals surface area contributed by atoms with Crippen LogP contribution in [0.15, 0.2) is 48.5 Å². The standard InChI is InChI=1S/C12H8N2.2BF4/c1-2-6-10-9(5-1)13-11-7-3-4-8-12(11)14-10;2*2-1(3,4)5/h1-8H;;/q;2*-1. The summed E-state index contributed by atoms with van der Waals surface area (Å²) < 4.78 is 78.0. The van der Waals surface area contributed by atoms with Crippen molar-refractivity contribution in [2.45, 2.75) is 0 Å². The third-order valence-electron chi connectivity index (χ3n) is 2.25. The molecule has 130 valence electrons. The van der Waals surface area contributed by atoms with Crippen LogP contribution in [0.1, 0.15) is 0 Å². The van der Waals surface area contributed by atoms with Gasteiger partial charge in [-0.15, -0.1) is 0 Å². The average molecular weight is 354 g/mol. The molecule has 3 aromatic rings. The van der Waals surface area contributed by atoms with Crippen molar-refractivity contribution < 1.29 is 34.5 Å². The summed E-state index contributed by atoms with van der Waals surface area (Å²) >= 11 is 0. The first-order valence-electron chi connectivity index (χ1n) is 6.29. The Balaban J connectivity index is 0.000000243. The highest BCUT2D eigenvalue weighted by molar-refractivity contribution is 6.50. The largest absolute Gasteiger partial charge is 0.673 e. The molecule has 2 nitrogen and oxygen atoms in total. The third kappa shape index (κ3) is 8.91. The number of nitrogens with zero attached hydrogens (tertiary/aromatic N) is 2. The van der Waals surface area contributed by atoms with Crippen LogP contribution in [0.5, 0.6) is 0 Å². The number of halogens is 8. The van der Waals surface area contributed by atoms with E-state index in [0.717, 1.165) is 22.1 Å². The Labute approximate surface area is 130 Å². The Morgan fingerprint density at radius 1 is 0.458 bits per heavy atom. The maximum atomic E-state index is 9.75. The minimum atomic E-state index is -6.00. The van der Waals surface area contributed by atoms with Gasteiger partial charge in [0, 0.05) is 0 Å². The van der Waals surface area contributed by atoms with Crippen molar-refractivity contribution in [3.8, 4) is 0 Å². The summed E-state index contributed by atoms with van der Waals surface area (Å²) in [6.07, 6.45) is 0. The van der Waals surface area contributed by atoms with E-state index >= 15 is 0 Å². The molecule has 0 spiro atoms. The normalized spacial score (nSPS) is 11.3. The highest BCUT2D eigenvalue weighted by atomic mass is 19.5. The molecule has 0 saturated heterocycles. The molecule has 0 unspecified atom stereocenters. The summed E-state index contributed by atoms with van der Waals surface area (Å²) in [5.74, 6) is 0. The molecular weight excluding hydrogens is 346 g/mol. The number of rotatable bonds is 0. The number of para-hydroxylation sites is 4. The van der Waals surface area contributed by atoms with E-state index in [2.05, 4.69) is 9.97 Å². The molecule has 1 heterocycles.